The zero-order chi connectivity index (χ0) is 30.9. The van der Waals surface area contributed by atoms with Gasteiger partial charge < -0.3 is 34.2 Å². The monoisotopic (exact) mass is 567 g/mol. The van der Waals surface area contributed by atoms with Crippen LogP contribution in [0.5, 0.6) is 11.5 Å². The number of nitrogens with two attached hydrogens (primary N) is 1. The van der Waals surface area contributed by atoms with Crippen LogP contribution in [0.1, 0.15) is 87.6 Å². The van der Waals surface area contributed by atoms with Crippen LogP contribution in [-0.2, 0) is 35.0 Å². The van der Waals surface area contributed by atoms with E-state index in [0.717, 1.165) is 0 Å². The molecule has 0 unspecified atom stereocenters. The summed E-state index contributed by atoms with van der Waals surface area (Å²) >= 11 is 0. The fourth-order valence-corrected chi connectivity index (χ4v) is 2.70. The van der Waals surface area contributed by atoms with E-state index in [1.54, 1.807) is 61.5 Å². The Morgan fingerprint density at radius 1 is 0.825 bits per heavy atom. The molecule has 0 bridgehead atoms. The number of carbonyl (C=O) groups excluding carboxylic acids is 4. The van der Waals surface area contributed by atoms with Crippen molar-refractivity contribution in [2.75, 3.05) is 6.61 Å². The summed E-state index contributed by atoms with van der Waals surface area (Å²) in [5, 5.41) is 0. The summed E-state index contributed by atoms with van der Waals surface area (Å²) in [6, 6.07) is 3.29. The molecule has 2 N–H and O–H groups in total. The first-order chi connectivity index (χ1) is 18.3. The van der Waals surface area contributed by atoms with Crippen molar-refractivity contribution in [2.45, 2.75) is 112 Å². The molecule has 0 saturated heterocycles. The molecule has 1 aromatic rings. The van der Waals surface area contributed by atoms with Crippen LogP contribution in [0.3, 0.4) is 0 Å². The fourth-order valence-electron chi connectivity index (χ4n) is 2.70. The SMILES string of the molecule is CCC(C)(C)OC(=O)Oc1ccc(C[C@H](N)C(=O)OC[C@H](C)OC(=O)C(C)(C)C)cc1OC(=O)OC(C)(C)CC. The molecule has 1 aromatic carbocycles. The first-order valence-corrected chi connectivity index (χ1v) is 13.4. The van der Waals surface area contributed by atoms with Gasteiger partial charge in [-0.2, -0.15) is 0 Å². The molecule has 2 atom stereocenters. The molecule has 11 heteroatoms. The highest BCUT2D eigenvalue weighted by Gasteiger charge is 2.28. The molecular weight excluding hydrogens is 522 g/mol. The van der Waals surface area contributed by atoms with Gasteiger partial charge in [0.1, 0.15) is 30.0 Å². The Kier molecular flexibility index (Phi) is 12.4. The summed E-state index contributed by atoms with van der Waals surface area (Å²) in [7, 11) is 0. The predicted octanol–water partition coefficient (Wildman–Crippen LogP) is 5.49. The van der Waals surface area contributed by atoms with Crippen LogP contribution in [0.2, 0.25) is 0 Å². The van der Waals surface area contributed by atoms with E-state index in [9.17, 15) is 19.2 Å². The number of rotatable bonds is 12. The van der Waals surface area contributed by atoms with E-state index >= 15 is 0 Å². The van der Waals surface area contributed by atoms with E-state index in [2.05, 4.69) is 0 Å². The Labute approximate surface area is 236 Å². The quantitative estimate of drug-likeness (QED) is 0.194. The number of esters is 2. The largest absolute Gasteiger partial charge is 0.514 e. The van der Waals surface area contributed by atoms with Crippen molar-refractivity contribution in [3.05, 3.63) is 23.8 Å². The number of ether oxygens (including phenoxy) is 6. The topological polar surface area (TPSA) is 150 Å². The van der Waals surface area contributed by atoms with Crippen molar-refractivity contribution in [3.8, 4) is 11.5 Å². The summed E-state index contributed by atoms with van der Waals surface area (Å²) in [5.74, 6) is -1.34. The van der Waals surface area contributed by atoms with Crippen LogP contribution in [0.25, 0.3) is 0 Å². The van der Waals surface area contributed by atoms with Gasteiger partial charge >= 0.3 is 24.2 Å². The van der Waals surface area contributed by atoms with Crippen molar-refractivity contribution in [1.82, 2.24) is 0 Å². The smallest absolute Gasteiger partial charge is 0.461 e. The lowest BCUT2D eigenvalue weighted by Gasteiger charge is -2.24. The molecule has 0 radical (unpaired) electrons. The standard InChI is InChI=1S/C29H45NO10/c1-11-28(7,8)39-25(33)37-21-14-13-19(16-22(21)38-26(34)40-29(9,10)12-2)15-20(30)23(31)35-17-18(3)36-24(32)27(4,5)6/h13-14,16,18,20H,11-12,15,17,30H2,1-10H3/t18-,20-/m0/s1. The van der Waals surface area contributed by atoms with Crippen molar-refractivity contribution < 1.29 is 47.6 Å². The molecule has 0 spiro atoms. The van der Waals surface area contributed by atoms with Gasteiger partial charge in [-0.15, -0.1) is 0 Å². The van der Waals surface area contributed by atoms with Crippen LogP contribution in [0.4, 0.5) is 9.59 Å². The van der Waals surface area contributed by atoms with E-state index in [-0.39, 0.29) is 24.5 Å². The van der Waals surface area contributed by atoms with E-state index < -0.39 is 53.0 Å². The molecule has 0 saturated carbocycles. The van der Waals surface area contributed by atoms with Crippen molar-refractivity contribution in [1.29, 1.82) is 0 Å². The minimum atomic E-state index is -1.08. The predicted molar refractivity (Wildman–Crippen MR) is 147 cm³/mol. The lowest BCUT2D eigenvalue weighted by molar-refractivity contribution is -0.165. The molecule has 40 heavy (non-hydrogen) atoms. The number of hydrogen-bond donors (Lipinski definition) is 1. The van der Waals surface area contributed by atoms with E-state index in [0.29, 0.717) is 18.4 Å². The summed E-state index contributed by atoms with van der Waals surface area (Å²) in [6.45, 7) is 17.2. The van der Waals surface area contributed by atoms with Crippen molar-refractivity contribution in [2.24, 2.45) is 11.1 Å². The van der Waals surface area contributed by atoms with Crippen LogP contribution in [-0.4, -0.2) is 54.2 Å². The second-order valence-corrected chi connectivity index (χ2v) is 11.8. The number of carbonyl (C=O) groups is 4. The highest BCUT2D eigenvalue weighted by Crippen LogP contribution is 2.31. The van der Waals surface area contributed by atoms with Gasteiger partial charge in [0, 0.05) is 0 Å². The van der Waals surface area contributed by atoms with Gasteiger partial charge in [0.05, 0.1) is 5.41 Å². The van der Waals surface area contributed by atoms with Crippen LogP contribution in [0, 0.1) is 5.41 Å². The summed E-state index contributed by atoms with van der Waals surface area (Å²) in [4.78, 5) is 49.3. The Balaban J connectivity index is 3.00. The maximum Gasteiger partial charge on any atom is 0.514 e. The molecule has 0 aromatic heterocycles. The van der Waals surface area contributed by atoms with Crippen LogP contribution < -0.4 is 15.2 Å². The van der Waals surface area contributed by atoms with Crippen molar-refractivity contribution >= 4 is 24.2 Å². The Morgan fingerprint density at radius 2 is 1.32 bits per heavy atom. The average molecular weight is 568 g/mol. The third-order valence-corrected chi connectivity index (χ3v) is 5.96. The maximum absolute atomic E-state index is 12.5. The summed E-state index contributed by atoms with van der Waals surface area (Å²) in [6.07, 6.45) is -1.54. The molecule has 0 fully saturated rings. The highest BCUT2D eigenvalue weighted by atomic mass is 16.8. The van der Waals surface area contributed by atoms with E-state index in [1.165, 1.54) is 12.1 Å². The van der Waals surface area contributed by atoms with Gasteiger partial charge in [0.15, 0.2) is 11.5 Å². The second-order valence-electron chi connectivity index (χ2n) is 11.8. The van der Waals surface area contributed by atoms with Crippen LogP contribution >= 0.6 is 0 Å². The Morgan fingerprint density at radius 3 is 1.80 bits per heavy atom. The first kappa shape index (κ1) is 34.7. The third-order valence-electron chi connectivity index (χ3n) is 5.96. The lowest BCUT2D eigenvalue weighted by Crippen LogP contribution is -2.37. The minimum Gasteiger partial charge on any atom is -0.461 e. The van der Waals surface area contributed by atoms with Gasteiger partial charge in [0.25, 0.3) is 0 Å². The average Bonchev–Trinajstić information content (AvgIpc) is 2.82. The zero-order valence-electron chi connectivity index (χ0n) is 25.4. The zero-order valence-corrected chi connectivity index (χ0v) is 25.4. The molecule has 0 aliphatic carbocycles. The lowest BCUT2D eigenvalue weighted by atomic mass is 9.97. The normalized spacial score (nSPS) is 13.5. The number of hydrogen-bond acceptors (Lipinski definition) is 11. The molecule has 0 heterocycles. The van der Waals surface area contributed by atoms with Gasteiger partial charge in [-0.1, -0.05) is 19.9 Å². The van der Waals surface area contributed by atoms with E-state index in [4.69, 9.17) is 34.2 Å². The Bertz CT molecular complexity index is 1040. The molecule has 1 rings (SSSR count). The molecule has 0 aliphatic rings. The fraction of sp³-hybridized carbons (Fsp3) is 0.655. The minimum absolute atomic E-state index is 0.00838. The first-order valence-electron chi connectivity index (χ1n) is 13.4. The van der Waals surface area contributed by atoms with Gasteiger partial charge in [-0.25, -0.2) is 9.59 Å². The summed E-state index contributed by atoms with van der Waals surface area (Å²) < 4.78 is 31.8. The van der Waals surface area contributed by atoms with Crippen molar-refractivity contribution in [3.63, 3.8) is 0 Å². The van der Waals surface area contributed by atoms with Gasteiger partial charge in [0.2, 0.25) is 0 Å². The van der Waals surface area contributed by atoms with Crippen LogP contribution in [0.15, 0.2) is 18.2 Å². The highest BCUT2D eigenvalue weighted by molar-refractivity contribution is 5.77. The van der Waals surface area contributed by atoms with Gasteiger partial charge in [-0.3, -0.25) is 9.59 Å². The number of benzene rings is 1. The molecule has 0 amide bonds. The third kappa shape index (κ3) is 12.2. The molecular formula is C29H45NO10. The molecule has 0 aliphatic heterocycles. The second kappa shape index (κ2) is 14.3. The molecule has 226 valence electrons. The maximum atomic E-state index is 12.5. The summed E-state index contributed by atoms with van der Waals surface area (Å²) in [5.41, 5.74) is 4.29. The Hall–Kier alpha value is -3.34. The van der Waals surface area contributed by atoms with E-state index in [1.807, 2.05) is 13.8 Å². The molecule has 11 nitrogen and oxygen atoms in total. The van der Waals surface area contributed by atoms with Gasteiger partial charge in [-0.05, 0) is 92.3 Å².